The second kappa shape index (κ2) is 5.77. The molecule has 0 saturated carbocycles. The monoisotopic (exact) mass is 340 g/mol. The normalized spacial score (nSPS) is 11.4. The van der Waals surface area contributed by atoms with Gasteiger partial charge in [0.25, 0.3) is 0 Å². The Hall–Kier alpha value is -3.54. The van der Waals surface area contributed by atoms with E-state index in [0.29, 0.717) is 12.2 Å². The van der Waals surface area contributed by atoms with E-state index >= 15 is 0 Å². The standard InChI is InChI=1S/C20H16N6/c1-12-20-16(7-8-21-12)17-11-15(5-6-18(17)22-20)14-4-2-3-13(9-14)10-19-23-25-26-24-19/h2-9,11,22H,10H2,1H3,(H,23,24,25,26). The minimum atomic E-state index is 0.657. The molecule has 0 aliphatic heterocycles. The van der Waals surface area contributed by atoms with Crippen LogP contribution in [0.1, 0.15) is 17.1 Å². The Bertz CT molecular complexity index is 1220. The molecule has 0 amide bonds. The summed E-state index contributed by atoms with van der Waals surface area (Å²) in [4.78, 5) is 7.86. The van der Waals surface area contributed by atoms with Gasteiger partial charge < -0.3 is 4.98 Å². The third-order valence-electron chi connectivity index (χ3n) is 4.72. The number of hydrogen-bond donors (Lipinski definition) is 2. The number of pyridine rings is 1. The lowest BCUT2D eigenvalue weighted by molar-refractivity contribution is 0.881. The first-order valence-electron chi connectivity index (χ1n) is 8.46. The fourth-order valence-electron chi connectivity index (χ4n) is 3.44. The molecule has 126 valence electrons. The molecule has 5 rings (SSSR count). The Balaban J connectivity index is 1.60. The molecule has 2 aromatic carbocycles. The summed E-state index contributed by atoms with van der Waals surface area (Å²) in [5.74, 6) is 0.692. The Labute approximate surface area is 149 Å². The molecule has 0 bridgehead atoms. The molecule has 2 N–H and O–H groups in total. The average molecular weight is 340 g/mol. The van der Waals surface area contributed by atoms with Crippen LogP contribution in [0.4, 0.5) is 0 Å². The zero-order chi connectivity index (χ0) is 17.5. The molecule has 3 heterocycles. The summed E-state index contributed by atoms with van der Waals surface area (Å²) in [5.41, 5.74) is 6.76. The molecule has 26 heavy (non-hydrogen) atoms. The highest BCUT2D eigenvalue weighted by Gasteiger charge is 2.09. The molecule has 5 aromatic rings. The number of aryl methyl sites for hydroxylation is 1. The Kier molecular flexibility index (Phi) is 3.28. The molecule has 3 aromatic heterocycles. The number of aromatic nitrogens is 6. The summed E-state index contributed by atoms with van der Waals surface area (Å²) >= 11 is 0. The van der Waals surface area contributed by atoms with Crippen molar-refractivity contribution in [3.05, 3.63) is 71.8 Å². The van der Waals surface area contributed by atoms with Gasteiger partial charge in [-0.2, -0.15) is 5.21 Å². The molecule has 0 aliphatic carbocycles. The smallest absolute Gasteiger partial charge is 0.178 e. The van der Waals surface area contributed by atoms with E-state index in [1.54, 1.807) is 0 Å². The maximum atomic E-state index is 4.38. The first-order chi connectivity index (χ1) is 12.8. The molecular weight excluding hydrogens is 324 g/mol. The van der Waals surface area contributed by atoms with Gasteiger partial charge in [-0.3, -0.25) is 4.98 Å². The fourth-order valence-corrected chi connectivity index (χ4v) is 3.44. The first-order valence-corrected chi connectivity index (χ1v) is 8.46. The van der Waals surface area contributed by atoms with E-state index in [2.05, 4.69) is 79.1 Å². The van der Waals surface area contributed by atoms with E-state index in [1.165, 1.54) is 21.9 Å². The Morgan fingerprint density at radius 3 is 2.77 bits per heavy atom. The zero-order valence-electron chi connectivity index (χ0n) is 14.2. The van der Waals surface area contributed by atoms with E-state index in [0.717, 1.165) is 22.3 Å². The van der Waals surface area contributed by atoms with Crippen molar-refractivity contribution < 1.29 is 0 Å². The number of aromatic amines is 2. The number of rotatable bonds is 3. The highest BCUT2D eigenvalue weighted by atomic mass is 15.5. The molecule has 6 nitrogen and oxygen atoms in total. The Morgan fingerprint density at radius 2 is 1.88 bits per heavy atom. The van der Waals surface area contributed by atoms with Crippen molar-refractivity contribution in [3.8, 4) is 11.1 Å². The van der Waals surface area contributed by atoms with E-state index in [9.17, 15) is 0 Å². The van der Waals surface area contributed by atoms with Crippen LogP contribution in [0.2, 0.25) is 0 Å². The van der Waals surface area contributed by atoms with E-state index in [-0.39, 0.29) is 0 Å². The number of fused-ring (bicyclic) bond motifs is 3. The third kappa shape index (κ3) is 2.43. The van der Waals surface area contributed by atoms with Crippen molar-refractivity contribution in [2.24, 2.45) is 0 Å². The van der Waals surface area contributed by atoms with Gasteiger partial charge in [0.1, 0.15) is 0 Å². The van der Waals surface area contributed by atoms with Crippen LogP contribution in [0.3, 0.4) is 0 Å². The van der Waals surface area contributed by atoms with Crippen LogP contribution in [0.25, 0.3) is 32.9 Å². The van der Waals surface area contributed by atoms with Crippen LogP contribution in [0.5, 0.6) is 0 Å². The maximum Gasteiger partial charge on any atom is 0.178 e. The summed E-state index contributed by atoms with van der Waals surface area (Å²) in [6, 6.07) is 17.0. The minimum absolute atomic E-state index is 0.657. The van der Waals surface area contributed by atoms with Gasteiger partial charge in [0.2, 0.25) is 0 Å². The van der Waals surface area contributed by atoms with Crippen molar-refractivity contribution in [3.63, 3.8) is 0 Å². The average Bonchev–Trinajstić information content (AvgIpc) is 3.30. The fraction of sp³-hybridized carbons (Fsp3) is 0.100. The topological polar surface area (TPSA) is 83.1 Å². The van der Waals surface area contributed by atoms with Crippen molar-refractivity contribution in [1.29, 1.82) is 0 Å². The maximum absolute atomic E-state index is 4.38. The van der Waals surface area contributed by atoms with Crippen molar-refractivity contribution in [2.45, 2.75) is 13.3 Å². The molecule has 6 heteroatoms. The van der Waals surface area contributed by atoms with Crippen molar-refractivity contribution >= 4 is 21.8 Å². The molecular formula is C20H16N6. The largest absolute Gasteiger partial charge is 0.353 e. The lowest BCUT2D eigenvalue weighted by Crippen LogP contribution is -1.91. The van der Waals surface area contributed by atoms with Crippen molar-refractivity contribution in [2.75, 3.05) is 0 Å². The van der Waals surface area contributed by atoms with Crippen LogP contribution in [0.15, 0.2) is 54.7 Å². The van der Waals surface area contributed by atoms with E-state index in [1.807, 2.05) is 13.1 Å². The quantitative estimate of drug-likeness (QED) is 0.523. The Morgan fingerprint density at radius 1 is 0.962 bits per heavy atom. The predicted octanol–water partition coefficient (Wildman–Crippen LogP) is 3.80. The summed E-state index contributed by atoms with van der Waals surface area (Å²) in [5, 5.41) is 16.6. The SMILES string of the molecule is Cc1nccc2c1[nH]c1ccc(-c3cccc(Cc4nn[nH]n4)c3)cc12. The molecule has 0 atom stereocenters. The molecule has 0 fully saturated rings. The molecule has 0 unspecified atom stereocenters. The van der Waals surface area contributed by atoms with Gasteiger partial charge in [-0.25, -0.2) is 0 Å². The zero-order valence-corrected chi connectivity index (χ0v) is 14.2. The number of tetrazole rings is 1. The highest BCUT2D eigenvalue weighted by Crippen LogP contribution is 2.31. The van der Waals surface area contributed by atoms with Crippen molar-refractivity contribution in [1.82, 2.24) is 30.6 Å². The van der Waals surface area contributed by atoms with Gasteiger partial charge in [0.15, 0.2) is 5.82 Å². The predicted molar refractivity (Wildman–Crippen MR) is 101 cm³/mol. The van der Waals surface area contributed by atoms with Gasteiger partial charge in [-0.05, 0) is 41.8 Å². The molecule has 0 saturated heterocycles. The second-order valence-corrected chi connectivity index (χ2v) is 6.41. The number of benzene rings is 2. The third-order valence-corrected chi connectivity index (χ3v) is 4.72. The summed E-state index contributed by atoms with van der Waals surface area (Å²) in [7, 11) is 0. The van der Waals surface area contributed by atoms with Crippen LogP contribution in [-0.4, -0.2) is 30.6 Å². The molecule has 0 spiro atoms. The highest BCUT2D eigenvalue weighted by molar-refractivity contribution is 6.09. The van der Waals surface area contributed by atoms with Crippen LogP contribution >= 0.6 is 0 Å². The number of H-pyrrole nitrogens is 2. The number of nitrogens with zero attached hydrogens (tertiary/aromatic N) is 4. The van der Waals surface area contributed by atoms with E-state index in [4.69, 9.17) is 0 Å². The summed E-state index contributed by atoms with van der Waals surface area (Å²) < 4.78 is 0. The lowest BCUT2D eigenvalue weighted by atomic mass is 10.00. The van der Waals surface area contributed by atoms with Crippen LogP contribution < -0.4 is 0 Å². The van der Waals surface area contributed by atoms with Gasteiger partial charge in [-0.1, -0.05) is 35.5 Å². The van der Waals surface area contributed by atoms with Gasteiger partial charge >= 0.3 is 0 Å². The minimum Gasteiger partial charge on any atom is -0.353 e. The number of hydrogen-bond acceptors (Lipinski definition) is 4. The summed E-state index contributed by atoms with van der Waals surface area (Å²) in [6.45, 7) is 2.03. The van der Waals surface area contributed by atoms with Gasteiger partial charge in [-0.15, -0.1) is 10.2 Å². The lowest BCUT2D eigenvalue weighted by Gasteiger charge is -2.05. The number of nitrogens with one attached hydrogen (secondary N) is 2. The first kappa shape index (κ1) is 14.8. The van der Waals surface area contributed by atoms with Crippen LogP contribution in [-0.2, 0) is 6.42 Å². The van der Waals surface area contributed by atoms with Gasteiger partial charge in [0.05, 0.1) is 11.2 Å². The van der Waals surface area contributed by atoms with Gasteiger partial charge in [0, 0.05) is 28.9 Å². The second-order valence-electron chi connectivity index (χ2n) is 6.41. The molecule has 0 aliphatic rings. The summed E-state index contributed by atoms with van der Waals surface area (Å²) in [6.07, 6.45) is 2.52. The van der Waals surface area contributed by atoms with E-state index < -0.39 is 0 Å². The van der Waals surface area contributed by atoms with Crippen LogP contribution in [0, 0.1) is 6.92 Å². The molecule has 0 radical (unpaired) electrons.